The number of hydrogen-bond donors (Lipinski definition) is 1. The van der Waals surface area contributed by atoms with Crippen molar-refractivity contribution >= 4 is 0 Å². The van der Waals surface area contributed by atoms with Gasteiger partial charge in [-0.15, -0.1) is 0 Å². The highest BCUT2D eigenvalue weighted by molar-refractivity contribution is 5.16. The van der Waals surface area contributed by atoms with E-state index in [9.17, 15) is 0 Å². The van der Waals surface area contributed by atoms with Gasteiger partial charge in [-0.1, -0.05) is 50.6 Å². The first-order valence-electron chi connectivity index (χ1n) is 6.99. The average molecular weight is 265 g/mol. The fourth-order valence-corrected chi connectivity index (χ4v) is 2.60. The molecule has 2 N–H and O–H groups in total. The van der Waals surface area contributed by atoms with E-state index in [-0.39, 0.29) is 18.2 Å². The largest absolute Gasteiger partial charge is 0.356 e. The SMILES string of the molecule is CCC(C)C(C(N)Cc1ccccc1)C(OC)OC. The molecular weight excluding hydrogens is 238 g/mol. The molecule has 3 heteroatoms. The summed E-state index contributed by atoms with van der Waals surface area (Å²) in [5.74, 6) is 0.656. The van der Waals surface area contributed by atoms with Crippen molar-refractivity contribution in [3.8, 4) is 0 Å². The van der Waals surface area contributed by atoms with Gasteiger partial charge in [0.05, 0.1) is 0 Å². The van der Waals surface area contributed by atoms with Crippen LogP contribution in [0.4, 0.5) is 0 Å². The van der Waals surface area contributed by atoms with Crippen LogP contribution in [0.25, 0.3) is 0 Å². The van der Waals surface area contributed by atoms with E-state index in [1.807, 2.05) is 18.2 Å². The number of hydrogen-bond acceptors (Lipinski definition) is 3. The van der Waals surface area contributed by atoms with E-state index in [1.165, 1.54) is 5.56 Å². The minimum Gasteiger partial charge on any atom is -0.356 e. The predicted octanol–water partition coefficient (Wildman–Crippen LogP) is 2.84. The first kappa shape index (κ1) is 16.2. The van der Waals surface area contributed by atoms with Crippen molar-refractivity contribution in [1.29, 1.82) is 0 Å². The van der Waals surface area contributed by atoms with Crippen LogP contribution in [0.3, 0.4) is 0 Å². The van der Waals surface area contributed by atoms with Crippen molar-refractivity contribution in [3.63, 3.8) is 0 Å². The van der Waals surface area contributed by atoms with Crippen molar-refractivity contribution in [1.82, 2.24) is 0 Å². The summed E-state index contributed by atoms with van der Waals surface area (Å²) < 4.78 is 10.9. The zero-order valence-corrected chi connectivity index (χ0v) is 12.5. The highest BCUT2D eigenvalue weighted by Crippen LogP contribution is 2.26. The van der Waals surface area contributed by atoms with Gasteiger partial charge in [-0.05, 0) is 17.9 Å². The Labute approximate surface area is 117 Å². The van der Waals surface area contributed by atoms with Gasteiger partial charge in [0, 0.05) is 26.2 Å². The van der Waals surface area contributed by atoms with Crippen molar-refractivity contribution < 1.29 is 9.47 Å². The summed E-state index contributed by atoms with van der Waals surface area (Å²) in [5.41, 5.74) is 7.68. The third-order valence-corrected chi connectivity index (χ3v) is 3.89. The minimum absolute atomic E-state index is 0.0299. The number of methoxy groups -OCH3 is 2. The molecule has 1 aromatic carbocycles. The minimum atomic E-state index is -0.242. The monoisotopic (exact) mass is 265 g/mol. The van der Waals surface area contributed by atoms with Gasteiger partial charge in [-0.25, -0.2) is 0 Å². The fourth-order valence-electron chi connectivity index (χ4n) is 2.60. The van der Waals surface area contributed by atoms with Gasteiger partial charge in [0.25, 0.3) is 0 Å². The van der Waals surface area contributed by atoms with Gasteiger partial charge >= 0.3 is 0 Å². The van der Waals surface area contributed by atoms with Crippen LogP contribution >= 0.6 is 0 Å². The van der Waals surface area contributed by atoms with Gasteiger partial charge in [-0.2, -0.15) is 0 Å². The number of rotatable bonds is 8. The highest BCUT2D eigenvalue weighted by Gasteiger charge is 2.31. The molecule has 0 aromatic heterocycles. The molecule has 0 aliphatic heterocycles. The van der Waals surface area contributed by atoms with Gasteiger partial charge in [0.2, 0.25) is 0 Å². The molecule has 0 fully saturated rings. The molecule has 1 rings (SSSR count). The van der Waals surface area contributed by atoms with E-state index in [4.69, 9.17) is 15.2 Å². The lowest BCUT2D eigenvalue weighted by Gasteiger charge is -2.34. The molecule has 1 aromatic rings. The summed E-state index contributed by atoms with van der Waals surface area (Å²) in [4.78, 5) is 0. The molecule has 0 aliphatic carbocycles. The van der Waals surface area contributed by atoms with E-state index in [0.717, 1.165) is 12.8 Å². The molecule has 19 heavy (non-hydrogen) atoms. The zero-order valence-electron chi connectivity index (χ0n) is 12.5. The molecule has 0 saturated carbocycles. The summed E-state index contributed by atoms with van der Waals surface area (Å²) in [6.07, 6.45) is 1.67. The van der Waals surface area contributed by atoms with Crippen LogP contribution in [0.5, 0.6) is 0 Å². The van der Waals surface area contributed by atoms with E-state index < -0.39 is 0 Å². The maximum atomic E-state index is 6.42. The first-order valence-corrected chi connectivity index (χ1v) is 6.99. The maximum Gasteiger partial charge on any atom is 0.161 e. The van der Waals surface area contributed by atoms with E-state index in [2.05, 4.69) is 26.0 Å². The average Bonchev–Trinajstić information content (AvgIpc) is 2.44. The molecule has 0 heterocycles. The lowest BCUT2D eigenvalue weighted by atomic mass is 9.82. The normalized spacial score (nSPS) is 16.3. The summed E-state index contributed by atoms with van der Waals surface area (Å²) in [6.45, 7) is 4.38. The van der Waals surface area contributed by atoms with Crippen LogP contribution in [0.1, 0.15) is 25.8 Å². The Bertz CT molecular complexity index is 338. The lowest BCUT2D eigenvalue weighted by Crippen LogP contribution is -2.44. The van der Waals surface area contributed by atoms with Gasteiger partial charge < -0.3 is 15.2 Å². The second-order valence-electron chi connectivity index (χ2n) is 5.16. The number of nitrogens with two attached hydrogens (primary N) is 1. The topological polar surface area (TPSA) is 44.5 Å². The van der Waals surface area contributed by atoms with Crippen LogP contribution in [0.2, 0.25) is 0 Å². The second kappa shape index (κ2) is 8.31. The Balaban J connectivity index is 2.79. The van der Waals surface area contributed by atoms with Crippen LogP contribution in [0.15, 0.2) is 30.3 Å². The molecule has 0 amide bonds. The molecular formula is C16H27NO2. The molecule has 3 atom stereocenters. The third-order valence-electron chi connectivity index (χ3n) is 3.89. The second-order valence-corrected chi connectivity index (χ2v) is 5.16. The summed E-state index contributed by atoms with van der Waals surface area (Å²) in [6, 6.07) is 10.4. The summed E-state index contributed by atoms with van der Waals surface area (Å²) in [7, 11) is 3.36. The molecule has 0 saturated heterocycles. The molecule has 3 nitrogen and oxygen atoms in total. The maximum absolute atomic E-state index is 6.42. The van der Waals surface area contributed by atoms with Crippen LogP contribution in [0, 0.1) is 11.8 Å². The summed E-state index contributed by atoms with van der Waals surface area (Å²) >= 11 is 0. The van der Waals surface area contributed by atoms with E-state index >= 15 is 0 Å². The third kappa shape index (κ3) is 4.60. The van der Waals surface area contributed by atoms with Crippen molar-refractivity contribution in [2.75, 3.05) is 14.2 Å². The Hall–Kier alpha value is -0.900. The van der Waals surface area contributed by atoms with E-state index in [0.29, 0.717) is 5.92 Å². The standard InChI is InChI=1S/C16H27NO2/c1-5-12(2)15(16(18-3)19-4)14(17)11-13-9-7-6-8-10-13/h6-10,12,14-16H,5,11,17H2,1-4H3. The van der Waals surface area contributed by atoms with Crippen molar-refractivity contribution in [2.45, 2.75) is 39.0 Å². The predicted molar refractivity (Wildman–Crippen MR) is 78.9 cm³/mol. The molecule has 0 bridgehead atoms. The lowest BCUT2D eigenvalue weighted by molar-refractivity contribution is -0.153. The smallest absolute Gasteiger partial charge is 0.161 e. The fraction of sp³-hybridized carbons (Fsp3) is 0.625. The molecule has 0 spiro atoms. The zero-order chi connectivity index (χ0) is 14.3. The number of ether oxygens (including phenoxy) is 2. The van der Waals surface area contributed by atoms with Crippen LogP contribution in [-0.2, 0) is 15.9 Å². The Morgan fingerprint density at radius 3 is 2.16 bits per heavy atom. The first-order chi connectivity index (χ1) is 9.13. The highest BCUT2D eigenvalue weighted by atomic mass is 16.7. The van der Waals surface area contributed by atoms with Crippen molar-refractivity contribution in [3.05, 3.63) is 35.9 Å². The molecule has 3 unspecified atom stereocenters. The van der Waals surface area contributed by atoms with E-state index in [1.54, 1.807) is 14.2 Å². The summed E-state index contributed by atoms with van der Waals surface area (Å²) in [5, 5.41) is 0. The number of benzene rings is 1. The van der Waals surface area contributed by atoms with Crippen LogP contribution in [-0.4, -0.2) is 26.6 Å². The molecule has 0 aliphatic rings. The molecule has 0 radical (unpaired) electrons. The van der Waals surface area contributed by atoms with Crippen LogP contribution < -0.4 is 5.73 Å². The Kier molecular flexibility index (Phi) is 7.06. The Morgan fingerprint density at radius 2 is 1.68 bits per heavy atom. The molecule has 108 valence electrons. The van der Waals surface area contributed by atoms with Crippen molar-refractivity contribution in [2.24, 2.45) is 17.6 Å². The Morgan fingerprint density at radius 1 is 1.11 bits per heavy atom. The van der Waals surface area contributed by atoms with Gasteiger partial charge in [-0.3, -0.25) is 0 Å². The quantitative estimate of drug-likeness (QED) is 0.735. The van der Waals surface area contributed by atoms with Gasteiger partial charge in [0.1, 0.15) is 0 Å². The van der Waals surface area contributed by atoms with Gasteiger partial charge in [0.15, 0.2) is 6.29 Å².